The second-order valence-corrected chi connectivity index (χ2v) is 4.82. The Morgan fingerprint density at radius 2 is 2.42 bits per heavy atom. The number of nitrogens with zero attached hydrogens (tertiary/aromatic N) is 4. The number of hydrogen-bond donors (Lipinski definition) is 2. The number of aliphatic hydroxyl groups excluding tert-OH is 1. The van der Waals surface area contributed by atoms with Crippen molar-refractivity contribution in [3.8, 4) is 0 Å². The van der Waals surface area contributed by atoms with E-state index in [0.29, 0.717) is 0 Å². The number of nitrogens with one attached hydrogen (secondary N) is 1. The maximum Gasteiger partial charge on any atom is 0.330 e. The number of aromatic nitrogens is 2. The Kier molecular flexibility index (Phi) is 4.05. The van der Waals surface area contributed by atoms with Crippen molar-refractivity contribution in [3.63, 3.8) is 0 Å². The number of azide groups is 1. The molecule has 1 saturated heterocycles. The average Bonchev–Trinajstić information content (AvgIpc) is 2.77. The highest BCUT2D eigenvalue weighted by molar-refractivity contribution is 9.10. The van der Waals surface area contributed by atoms with Crippen LogP contribution in [0.1, 0.15) is 12.6 Å². The van der Waals surface area contributed by atoms with Crippen molar-refractivity contribution >= 4 is 15.9 Å². The molecule has 0 spiro atoms. The maximum absolute atomic E-state index is 11.7. The summed E-state index contributed by atoms with van der Waals surface area (Å²) in [4.78, 5) is 27.7. The zero-order chi connectivity index (χ0) is 14.0. The predicted molar refractivity (Wildman–Crippen MR) is 67.6 cm³/mol. The van der Waals surface area contributed by atoms with Gasteiger partial charge < -0.3 is 9.84 Å². The van der Waals surface area contributed by atoms with Gasteiger partial charge in [0, 0.05) is 17.5 Å². The van der Waals surface area contributed by atoms with Crippen LogP contribution in [-0.4, -0.2) is 33.4 Å². The Morgan fingerprint density at radius 1 is 1.68 bits per heavy atom. The topological polar surface area (TPSA) is 133 Å². The van der Waals surface area contributed by atoms with Gasteiger partial charge >= 0.3 is 5.69 Å². The number of rotatable bonds is 3. The number of hydrogen-bond acceptors (Lipinski definition) is 5. The molecule has 0 saturated carbocycles. The van der Waals surface area contributed by atoms with Crippen molar-refractivity contribution in [2.75, 3.05) is 6.61 Å². The summed E-state index contributed by atoms with van der Waals surface area (Å²) in [6, 6.07) is -0.558. The molecule has 3 atom stereocenters. The van der Waals surface area contributed by atoms with Crippen LogP contribution in [0.25, 0.3) is 10.4 Å². The Morgan fingerprint density at radius 3 is 3.05 bits per heavy atom. The van der Waals surface area contributed by atoms with Gasteiger partial charge in [0.05, 0.1) is 23.2 Å². The summed E-state index contributed by atoms with van der Waals surface area (Å²) >= 11 is 3.01. The third-order valence-corrected chi connectivity index (χ3v) is 3.38. The van der Waals surface area contributed by atoms with E-state index in [4.69, 9.17) is 15.4 Å². The summed E-state index contributed by atoms with van der Waals surface area (Å²) in [6.07, 6.45) is 0.179. The smallest absolute Gasteiger partial charge is 0.330 e. The molecule has 102 valence electrons. The normalized spacial score (nSPS) is 26.1. The molecule has 1 aromatic rings. The molecule has 0 amide bonds. The van der Waals surface area contributed by atoms with Gasteiger partial charge in [-0.25, -0.2) is 4.79 Å². The summed E-state index contributed by atoms with van der Waals surface area (Å²) in [5.74, 6) is 0. The number of halogens is 1. The second-order valence-electron chi connectivity index (χ2n) is 3.96. The van der Waals surface area contributed by atoms with Crippen molar-refractivity contribution in [2.24, 2.45) is 5.11 Å². The van der Waals surface area contributed by atoms with E-state index in [0.717, 1.165) is 0 Å². The highest BCUT2D eigenvalue weighted by Crippen LogP contribution is 2.29. The van der Waals surface area contributed by atoms with Crippen LogP contribution in [-0.2, 0) is 4.74 Å². The van der Waals surface area contributed by atoms with E-state index in [-0.39, 0.29) is 17.5 Å². The van der Waals surface area contributed by atoms with Gasteiger partial charge in [0.1, 0.15) is 6.23 Å². The predicted octanol–water partition coefficient (Wildman–Crippen LogP) is 0.258. The first-order chi connectivity index (χ1) is 9.06. The molecule has 1 aliphatic rings. The Labute approximate surface area is 114 Å². The Hall–Kier alpha value is -1.61. The Balaban J connectivity index is 2.34. The fourth-order valence-corrected chi connectivity index (χ4v) is 2.23. The standard InChI is InChI=1S/C9H10BrN5O4/c10-4-2-15(9(18)12-8(4)17)7-1-5(13-14-11)6(3-16)19-7/h2,5-7,16H,1,3H2,(H,12,17,18)/t5?,6-,7-/m1/s1. The third kappa shape index (κ3) is 2.71. The summed E-state index contributed by atoms with van der Waals surface area (Å²) < 4.78 is 6.81. The largest absolute Gasteiger partial charge is 0.394 e. The van der Waals surface area contributed by atoms with Crippen molar-refractivity contribution in [1.29, 1.82) is 0 Å². The number of aliphatic hydroxyl groups is 1. The third-order valence-electron chi connectivity index (χ3n) is 2.82. The lowest BCUT2D eigenvalue weighted by Gasteiger charge is -2.14. The molecule has 1 aromatic heterocycles. The summed E-state index contributed by atoms with van der Waals surface area (Å²) in [6.45, 7) is -0.320. The lowest BCUT2D eigenvalue weighted by molar-refractivity contribution is -0.0271. The Bertz CT molecular complexity index is 634. The van der Waals surface area contributed by atoms with Crippen LogP contribution >= 0.6 is 15.9 Å². The molecule has 0 aromatic carbocycles. The summed E-state index contributed by atoms with van der Waals surface area (Å²) in [7, 11) is 0. The first kappa shape index (κ1) is 13.8. The minimum absolute atomic E-state index is 0.184. The molecule has 0 bridgehead atoms. The molecule has 1 aliphatic heterocycles. The molecule has 1 unspecified atom stereocenters. The van der Waals surface area contributed by atoms with Gasteiger partial charge in [-0.3, -0.25) is 14.3 Å². The van der Waals surface area contributed by atoms with Crippen LogP contribution in [0.2, 0.25) is 0 Å². The number of H-pyrrole nitrogens is 1. The van der Waals surface area contributed by atoms with Gasteiger partial charge in [-0.1, -0.05) is 5.11 Å². The van der Waals surface area contributed by atoms with E-state index in [9.17, 15) is 9.59 Å². The SMILES string of the molecule is [N-]=[N+]=NC1C[C@H](n2cc(Br)c(=O)[nH]c2=O)O[C@@H]1CO. The van der Waals surface area contributed by atoms with Crippen LogP contribution in [0.3, 0.4) is 0 Å². The second kappa shape index (κ2) is 5.57. The average molecular weight is 332 g/mol. The molecule has 10 heteroatoms. The molecule has 2 N–H and O–H groups in total. The van der Waals surface area contributed by atoms with Crippen LogP contribution in [0.4, 0.5) is 0 Å². The number of aromatic amines is 1. The lowest BCUT2D eigenvalue weighted by atomic mass is 10.1. The van der Waals surface area contributed by atoms with Crippen molar-refractivity contribution in [2.45, 2.75) is 24.8 Å². The van der Waals surface area contributed by atoms with Gasteiger partial charge in [0.25, 0.3) is 5.56 Å². The monoisotopic (exact) mass is 331 g/mol. The van der Waals surface area contributed by atoms with Crippen LogP contribution < -0.4 is 11.2 Å². The molecule has 19 heavy (non-hydrogen) atoms. The van der Waals surface area contributed by atoms with E-state index >= 15 is 0 Å². The molecule has 0 radical (unpaired) electrons. The quantitative estimate of drug-likeness (QED) is 0.466. The van der Waals surface area contributed by atoms with Gasteiger partial charge in [-0.2, -0.15) is 0 Å². The fourth-order valence-electron chi connectivity index (χ4n) is 1.91. The van der Waals surface area contributed by atoms with Gasteiger partial charge in [-0.05, 0) is 21.5 Å². The fraction of sp³-hybridized carbons (Fsp3) is 0.556. The van der Waals surface area contributed by atoms with E-state index in [2.05, 4.69) is 30.9 Å². The van der Waals surface area contributed by atoms with Gasteiger partial charge in [-0.15, -0.1) is 0 Å². The van der Waals surface area contributed by atoms with E-state index in [1.807, 2.05) is 0 Å². The molecule has 1 fully saturated rings. The lowest BCUT2D eigenvalue weighted by Crippen LogP contribution is -2.32. The minimum Gasteiger partial charge on any atom is -0.394 e. The first-order valence-corrected chi connectivity index (χ1v) is 6.17. The van der Waals surface area contributed by atoms with E-state index in [1.165, 1.54) is 10.8 Å². The van der Waals surface area contributed by atoms with E-state index in [1.54, 1.807) is 0 Å². The van der Waals surface area contributed by atoms with Gasteiger partial charge in [0.2, 0.25) is 0 Å². The molecule has 2 heterocycles. The van der Waals surface area contributed by atoms with Crippen LogP contribution in [0, 0.1) is 0 Å². The molecule has 9 nitrogen and oxygen atoms in total. The maximum atomic E-state index is 11.7. The molecule has 0 aliphatic carbocycles. The van der Waals surface area contributed by atoms with Crippen molar-refractivity contribution in [3.05, 3.63) is 42.0 Å². The minimum atomic E-state index is -0.701. The summed E-state index contributed by atoms with van der Waals surface area (Å²) in [5, 5.41) is 12.7. The highest BCUT2D eigenvalue weighted by Gasteiger charge is 2.35. The van der Waals surface area contributed by atoms with Crippen molar-refractivity contribution in [1.82, 2.24) is 9.55 Å². The zero-order valence-electron chi connectivity index (χ0n) is 9.56. The molecular formula is C9H10BrN5O4. The van der Waals surface area contributed by atoms with Gasteiger partial charge in [0.15, 0.2) is 0 Å². The summed E-state index contributed by atoms with van der Waals surface area (Å²) in [5.41, 5.74) is 7.26. The zero-order valence-corrected chi connectivity index (χ0v) is 11.1. The van der Waals surface area contributed by atoms with E-state index < -0.39 is 29.6 Å². The first-order valence-electron chi connectivity index (χ1n) is 5.38. The number of ether oxygens (including phenoxy) is 1. The van der Waals surface area contributed by atoms with Crippen LogP contribution in [0.5, 0.6) is 0 Å². The molecular weight excluding hydrogens is 322 g/mol. The highest BCUT2D eigenvalue weighted by atomic mass is 79.9. The van der Waals surface area contributed by atoms with Crippen LogP contribution in [0.15, 0.2) is 25.4 Å². The van der Waals surface area contributed by atoms with Crippen molar-refractivity contribution < 1.29 is 9.84 Å². The molecule has 2 rings (SSSR count).